The summed E-state index contributed by atoms with van der Waals surface area (Å²) in [5.41, 5.74) is 3.17. The van der Waals surface area contributed by atoms with Gasteiger partial charge in [0, 0.05) is 62.6 Å². The molecule has 1 aromatic carbocycles. The summed E-state index contributed by atoms with van der Waals surface area (Å²) in [6.45, 7) is 12.0. The molecule has 1 amide bonds. The van der Waals surface area contributed by atoms with Gasteiger partial charge >= 0.3 is 6.36 Å². The molecule has 36 heavy (non-hydrogen) atoms. The van der Waals surface area contributed by atoms with Gasteiger partial charge in [0.05, 0.1) is 0 Å². The van der Waals surface area contributed by atoms with Gasteiger partial charge in [0.2, 0.25) is 0 Å². The van der Waals surface area contributed by atoms with E-state index in [4.69, 9.17) is 0 Å². The first-order chi connectivity index (χ1) is 16.9. The van der Waals surface area contributed by atoms with E-state index < -0.39 is 12.3 Å². The lowest BCUT2D eigenvalue weighted by Crippen LogP contribution is -2.30. The van der Waals surface area contributed by atoms with Crippen LogP contribution in [0.1, 0.15) is 43.1 Å². The summed E-state index contributed by atoms with van der Waals surface area (Å²) in [6.07, 6.45) is 3.09. The lowest BCUT2D eigenvalue weighted by Gasteiger charge is -2.27. The minimum absolute atomic E-state index is 0.137. The first-order valence-corrected chi connectivity index (χ1v) is 12.4. The maximum absolute atomic E-state index is 13.0. The third-order valence-electron chi connectivity index (χ3n) is 5.07. The normalized spacial score (nSPS) is 15.2. The van der Waals surface area contributed by atoms with Gasteiger partial charge in [-0.2, -0.15) is 0 Å². The second-order valence-corrected chi connectivity index (χ2v) is 8.96. The maximum Gasteiger partial charge on any atom is 0.573 e. The predicted octanol–water partition coefficient (Wildman–Crippen LogP) is 6.88. The molecule has 0 saturated heterocycles. The molecule has 198 valence electrons. The van der Waals surface area contributed by atoms with Crippen molar-refractivity contribution in [3.05, 3.63) is 69.8 Å². The van der Waals surface area contributed by atoms with Gasteiger partial charge in [-0.3, -0.25) is 14.7 Å². The van der Waals surface area contributed by atoms with Gasteiger partial charge < -0.3 is 9.64 Å². The Morgan fingerprint density at radius 2 is 1.97 bits per heavy atom. The van der Waals surface area contributed by atoms with Crippen LogP contribution in [0.3, 0.4) is 0 Å². The van der Waals surface area contributed by atoms with Crippen molar-refractivity contribution in [1.29, 1.82) is 0 Å². The zero-order valence-corrected chi connectivity index (χ0v) is 23.3. The summed E-state index contributed by atoms with van der Waals surface area (Å²) in [7, 11) is 4.77. The van der Waals surface area contributed by atoms with Crippen LogP contribution in [0.5, 0.6) is 5.75 Å². The highest BCUT2D eigenvalue weighted by Gasteiger charge is 2.33. The first-order valence-electron chi connectivity index (χ1n) is 11.6. The molecule has 0 fully saturated rings. The molecule has 0 radical (unpaired) electrons. The van der Waals surface area contributed by atoms with Gasteiger partial charge in [0.25, 0.3) is 5.91 Å². The Hall–Kier alpha value is -2.65. The zero-order chi connectivity index (χ0) is 27.5. The summed E-state index contributed by atoms with van der Waals surface area (Å²) in [6, 6.07) is 4.21. The van der Waals surface area contributed by atoms with Crippen LogP contribution in [0.25, 0.3) is 5.57 Å². The Labute approximate surface area is 220 Å². The number of benzene rings is 1. The van der Waals surface area contributed by atoms with E-state index in [0.29, 0.717) is 31.6 Å². The van der Waals surface area contributed by atoms with E-state index in [1.807, 2.05) is 39.0 Å². The fourth-order valence-electron chi connectivity index (χ4n) is 3.50. The molecule has 0 unspecified atom stereocenters. The molecule has 1 heterocycles. The molecule has 1 aliphatic heterocycles. The Kier molecular flexibility index (Phi) is 12.9. The second-order valence-electron chi connectivity index (χ2n) is 8.11. The van der Waals surface area contributed by atoms with Crippen LogP contribution in [0.4, 0.5) is 13.2 Å². The van der Waals surface area contributed by atoms with Gasteiger partial charge in [-0.1, -0.05) is 60.1 Å². The van der Waals surface area contributed by atoms with E-state index in [9.17, 15) is 18.0 Å². The number of halogens is 4. The number of ether oxygens (including phenoxy) is 1. The number of hydrogen-bond donors (Lipinski definition) is 0. The highest BCUT2D eigenvalue weighted by molar-refractivity contribution is 9.12. The number of carbonyl (C=O) groups is 1. The smallest absolute Gasteiger partial charge is 0.405 e. The molecule has 1 aliphatic rings. The Morgan fingerprint density at radius 1 is 1.31 bits per heavy atom. The standard InChI is InChI=1S/C25H29BrF3N3O2.C2H6/c1-17(14-18(2)22(26)8-11-30-3)16-32-12-9-19(10-13-32)21-7-6-20(24(33)31(4)5)15-23(21)34-25(27,28)29;1-2/h6-9,11,14-15H,2,10,12-13,16H2,1,3-5H3;1-2H3/b17-14+,22-8+,30-11?;. The third-order valence-corrected chi connectivity index (χ3v) is 5.84. The first kappa shape index (κ1) is 31.4. The van der Waals surface area contributed by atoms with Crippen molar-refractivity contribution in [2.24, 2.45) is 4.99 Å². The molecule has 0 atom stereocenters. The monoisotopic (exact) mass is 569 g/mol. The van der Waals surface area contributed by atoms with Gasteiger partial charge in [-0.15, -0.1) is 13.2 Å². The van der Waals surface area contributed by atoms with Crippen LogP contribution in [-0.2, 0) is 0 Å². The minimum atomic E-state index is -4.86. The van der Waals surface area contributed by atoms with Crippen LogP contribution in [0.15, 0.2) is 63.6 Å². The summed E-state index contributed by atoms with van der Waals surface area (Å²) >= 11 is 3.47. The average molecular weight is 570 g/mol. The fraction of sp³-hybridized carbons (Fsp3) is 0.407. The van der Waals surface area contributed by atoms with Crippen LogP contribution < -0.4 is 4.74 Å². The van der Waals surface area contributed by atoms with Gasteiger partial charge in [0.1, 0.15) is 5.75 Å². The Balaban J connectivity index is 0.00000316. The van der Waals surface area contributed by atoms with Crippen molar-refractivity contribution in [2.75, 3.05) is 40.8 Å². The fourth-order valence-corrected chi connectivity index (χ4v) is 3.73. The molecule has 0 aliphatic carbocycles. The van der Waals surface area contributed by atoms with Crippen molar-refractivity contribution >= 4 is 33.6 Å². The van der Waals surface area contributed by atoms with Gasteiger partial charge in [-0.25, -0.2) is 0 Å². The molecular formula is C27H35BrF3N3O2. The summed E-state index contributed by atoms with van der Waals surface area (Å²) in [5, 5.41) is 0. The highest BCUT2D eigenvalue weighted by atomic mass is 79.9. The number of amides is 1. The quantitative estimate of drug-likeness (QED) is 0.253. The summed E-state index contributed by atoms with van der Waals surface area (Å²) < 4.78 is 44.2. The zero-order valence-electron chi connectivity index (χ0n) is 21.7. The minimum Gasteiger partial charge on any atom is -0.405 e. The molecule has 2 rings (SSSR count). The van der Waals surface area contributed by atoms with E-state index in [-0.39, 0.29) is 11.3 Å². The molecule has 0 N–H and O–H groups in total. The van der Waals surface area contributed by atoms with Crippen LogP contribution in [0, 0.1) is 0 Å². The molecule has 0 bridgehead atoms. The van der Waals surface area contributed by atoms with Crippen molar-refractivity contribution in [2.45, 2.75) is 33.6 Å². The van der Waals surface area contributed by atoms with E-state index >= 15 is 0 Å². The molecule has 1 aromatic rings. The molecule has 9 heteroatoms. The molecule has 5 nitrogen and oxygen atoms in total. The molecule has 0 spiro atoms. The van der Waals surface area contributed by atoms with Crippen molar-refractivity contribution in [1.82, 2.24) is 9.80 Å². The average Bonchev–Trinajstić information content (AvgIpc) is 2.82. The second kappa shape index (κ2) is 14.8. The summed E-state index contributed by atoms with van der Waals surface area (Å²) in [4.78, 5) is 19.6. The molecule has 0 aromatic heterocycles. The number of allylic oxidation sites excluding steroid dienone is 4. The number of nitrogens with zero attached hydrogens (tertiary/aromatic N) is 3. The Bertz CT molecular complexity index is 1040. The number of hydrogen-bond acceptors (Lipinski definition) is 4. The van der Waals surface area contributed by atoms with Crippen molar-refractivity contribution in [3.8, 4) is 5.75 Å². The Morgan fingerprint density at radius 3 is 2.50 bits per heavy atom. The van der Waals surface area contributed by atoms with E-state index in [1.165, 1.54) is 17.0 Å². The predicted molar refractivity (Wildman–Crippen MR) is 146 cm³/mol. The van der Waals surface area contributed by atoms with E-state index in [2.05, 4.69) is 37.1 Å². The number of alkyl halides is 3. The summed E-state index contributed by atoms with van der Waals surface area (Å²) in [5.74, 6) is -0.755. The maximum atomic E-state index is 13.0. The lowest BCUT2D eigenvalue weighted by molar-refractivity contribution is -0.274. The SMILES string of the molecule is C=C(/C=C(\C)CN1CC=C(c2ccc(C(=O)N(C)C)cc2OC(F)(F)F)CC1)/C(Br)=C\C=NC.CC. The van der Waals surface area contributed by atoms with E-state index in [0.717, 1.165) is 27.3 Å². The van der Waals surface area contributed by atoms with E-state index in [1.54, 1.807) is 27.4 Å². The molecule has 0 saturated carbocycles. The number of carbonyl (C=O) groups excluding carboxylic acids is 1. The van der Waals surface area contributed by atoms with Crippen molar-refractivity contribution < 1.29 is 22.7 Å². The topological polar surface area (TPSA) is 45.1 Å². The lowest BCUT2D eigenvalue weighted by atomic mass is 9.96. The highest BCUT2D eigenvalue weighted by Crippen LogP contribution is 2.35. The van der Waals surface area contributed by atoms with Crippen LogP contribution in [-0.4, -0.2) is 69.1 Å². The number of rotatable bonds is 8. The van der Waals surface area contributed by atoms with Crippen LogP contribution in [0.2, 0.25) is 0 Å². The largest absolute Gasteiger partial charge is 0.573 e. The van der Waals surface area contributed by atoms with Crippen LogP contribution >= 0.6 is 15.9 Å². The number of aliphatic imine (C=N–C) groups is 1. The van der Waals surface area contributed by atoms with Gasteiger partial charge in [0.15, 0.2) is 0 Å². The van der Waals surface area contributed by atoms with Gasteiger partial charge in [-0.05, 0) is 42.7 Å². The van der Waals surface area contributed by atoms with Crippen molar-refractivity contribution in [3.63, 3.8) is 0 Å². The molecular weight excluding hydrogens is 535 g/mol. The third kappa shape index (κ3) is 10.1.